The average molecular weight is 251 g/mol. The quantitative estimate of drug-likeness (QED) is 0.778. The van der Waals surface area contributed by atoms with Gasteiger partial charge >= 0.3 is 6.18 Å². The molecule has 0 amide bonds. The summed E-state index contributed by atoms with van der Waals surface area (Å²) < 4.78 is 38.4. The van der Waals surface area contributed by atoms with Crippen molar-refractivity contribution in [2.24, 2.45) is 11.3 Å². The van der Waals surface area contributed by atoms with E-state index in [1.165, 1.54) is 6.92 Å². The van der Waals surface area contributed by atoms with E-state index >= 15 is 0 Å². The fourth-order valence-electron chi connectivity index (χ4n) is 2.25. The number of hydrogen-bond acceptors (Lipinski definition) is 1. The first-order chi connectivity index (χ1) is 7.54. The van der Waals surface area contributed by atoms with Gasteiger partial charge in [-0.3, -0.25) is 0 Å². The zero-order chi connectivity index (χ0) is 13.3. The van der Waals surface area contributed by atoms with Crippen molar-refractivity contribution in [2.75, 3.05) is 6.54 Å². The summed E-state index contributed by atoms with van der Waals surface area (Å²) in [5.74, 6) is 0.393. The molecule has 0 atom stereocenters. The molecule has 1 rings (SSSR count). The Kier molecular flexibility index (Phi) is 4.17. The standard InChI is InChI=1S/C13H24F3N/c1-11(2,3)17-9-10-5-7-12(4,8-6-10)13(14,15)16/h10,17H,5-9H2,1-4H3. The number of alkyl halides is 3. The Morgan fingerprint density at radius 1 is 1.12 bits per heavy atom. The summed E-state index contributed by atoms with van der Waals surface area (Å²) in [6, 6.07) is 0. The first-order valence-corrected chi connectivity index (χ1v) is 6.35. The minimum absolute atomic E-state index is 0.0464. The van der Waals surface area contributed by atoms with E-state index in [-0.39, 0.29) is 18.4 Å². The lowest BCUT2D eigenvalue weighted by Gasteiger charge is -2.39. The van der Waals surface area contributed by atoms with Crippen molar-refractivity contribution < 1.29 is 13.2 Å². The maximum absolute atomic E-state index is 12.8. The predicted octanol–water partition coefficient (Wildman–Crippen LogP) is 4.13. The molecule has 0 aromatic rings. The SMILES string of the molecule is CC(C)(C)NCC1CCC(C)(C(F)(F)F)CC1. The fraction of sp³-hybridized carbons (Fsp3) is 1.00. The summed E-state index contributed by atoms with van der Waals surface area (Å²) >= 11 is 0. The van der Waals surface area contributed by atoms with E-state index in [4.69, 9.17) is 0 Å². The first kappa shape index (κ1) is 14.8. The van der Waals surface area contributed by atoms with Crippen LogP contribution < -0.4 is 5.32 Å². The van der Waals surface area contributed by atoms with Gasteiger partial charge in [0, 0.05) is 5.54 Å². The smallest absolute Gasteiger partial charge is 0.312 e. The Morgan fingerprint density at radius 3 is 1.94 bits per heavy atom. The maximum Gasteiger partial charge on any atom is 0.394 e. The molecule has 0 unspecified atom stereocenters. The predicted molar refractivity (Wildman–Crippen MR) is 63.9 cm³/mol. The summed E-state index contributed by atoms with van der Waals surface area (Å²) in [7, 11) is 0. The Hall–Kier alpha value is -0.250. The van der Waals surface area contributed by atoms with Gasteiger partial charge in [0.25, 0.3) is 0 Å². The van der Waals surface area contributed by atoms with Crippen molar-refractivity contribution in [1.29, 1.82) is 0 Å². The van der Waals surface area contributed by atoms with Gasteiger partial charge in [0.15, 0.2) is 0 Å². The van der Waals surface area contributed by atoms with Crippen LogP contribution in [-0.2, 0) is 0 Å². The van der Waals surface area contributed by atoms with Crippen molar-refractivity contribution in [2.45, 2.75) is 65.1 Å². The van der Waals surface area contributed by atoms with Gasteiger partial charge in [-0.2, -0.15) is 13.2 Å². The highest BCUT2D eigenvalue weighted by atomic mass is 19.4. The van der Waals surface area contributed by atoms with E-state index in [0.717, 1.165) is 6.54 Å². The van der Waals surface area contributed by atoms with Gasteiger partial charge < -0.3 is 5.32 Å². The highest BCUT2D eigenvalue weighted by Crippen LogP contribution is 2.49. The topological polar surface area (TPSA) is 12.0 Å². The lowest BCUT2D eigenvalue weighted by Crippen LogP contribution is -2.43. The van der Waals surface area contributed by atoms with Crippen molar-refractivity contribution in [3.8, 4) is 0 Å². The summed E-state index contributed by atoms with van der Waals surface area (Å²) in [6.07, 6.45) is -2.15. The zero-order valence-corrected chi connectivity index (χ0v) is 11.2. The molecule has 0 spiro atoms. The highest BCUT2D eigenvalue weighted by molar-refractivity contribution is 4.88. The Balaban J connectivity index is 2.41. The maximum atomic E-state index is 12.8. The lowest BCUT2D eigenvalue weighted by atomic mass is 9.71. The molecule has 0 heterocycles. The van der Waals surface area contributed by atoms with Crippen LogP contribution in [0.3, 0.4) is 0 Å². The second-order valence-corrected chi connectivity index (χ2v) is 6.63. The van der Waals surface area contributed by atoms with Crippen LogP contribution in [-0.4, -0.2) is 18.3 Å². The molecule has 1 aliphatic rings. The van der Waals surface area contributed by atoms with Crippen LogP contribution in [0.1, 0.15) is 53.4 Å². The number of nitrogens with one attached hydrogen (secondary N) is 1. The molecule has 1 nitrogen and oxygen atoms in total. The Morgan fingerprint density at radius 2 is 1.59 bits per heavy atom. The number of rotatable bonds is 2. The Bertz CT molecular complexity index is 244. The first-order valence-electron chi connectivity index (χ1n) is 6.35. The Labute approximate surface area is 102 Å². The average Bonchev–Trinajstić information content (AvgIpc) is 2.14. The van der Waals surface area contributed by atoms with Crippen LogP contribution in [0, 0.1) is 11.3 Å². The number of halogens is 3. The minimum atomic E-state index is -4.05. The monoisotopic (exact) mass is 251 g/mol. The fourth-order valence-corrected chi connectivity index (χ4v) is 2.25. The van der Waals surface area contributed by atoms with Crippen molar-refractivity contribution in [3.63, 3.8) is 0 Å². The molecule has 0 saturated heterocycles. The summed E-state index contributed by atoms with van der Waals surface area (Å²) in [5, 5.41) is 3.38. The summed E-state index contributed by atoms with van der Waals surface area (Å²) in [6.45, 7) is 8.43. The van der Waals surface area contributed by atoms with Crippen molar-refractivity contribution in [3.05, 3.63) is 0 Å². The molecule has 1 fully saturated rings. The summed E-state index contributed by atoms with van der Waals surface area (Å²) in [5.41, 5.74) is -1.41. The van der Waals surface area contributed by atoms with E-state index < -0.39 is 11.6 Å². The largest absolute Gasteiger partial charge is 0.394 e. The van der Waals surface area contributed by atoms with Gasteiger partial charge in [-0.15, -0.1) is 0 Å². The lowest BCUT2D eigenvalue weighted by molar-refractivity contribution is -0.229. The molecule has 0 aromatic heterocycles. The summed E-state index contributed by atoms with van der Waals surface area (Å²) in [4.78, 5) is 0. The van der Waals surface area contributed by atoms with Crippen LogP contribution >= 0.6 is 0 Å². The molecule has 1 N–H and O–H groups in total. The molecule has 0 aromatic carbocycles. The van der Waals surface area contributed by atoms with Gasteiger partial charge in [0.1, 0.15) is 0 Å². The van der Waals surface area contributed by atoms with Crippen LogP contribution in [0.4, 0.5) is 13.2 Å². The molecule has 4 heteroatoms. The van der Waals surface area contributed by atoms with E-state index in [0.29, 0.717) is 18.8 Å². The van der Waals surface area contributed by atoms with E-state index in [1.54, 1.807) is 0 Å². The van der Waals surface area contributed by atoms with E-state index in [2.05, 4.69) is 26.1 Å². The third kappa shape index (κ3) is 4.16. The molecule has 0 aliphatic heterocycles. The van der Waals surface area contributed by atoms with Crippen LogP contribution in [0.25, 0.3) is 0 Å². The van der Waals surface area contributed by atoms with E-state index in [1.807, 2.05) is 0 Å². The van der Waals surface area contributed by atoms with E-state index in [9.17, 15) is 13.2 Å². The molecule has 0 bridgehead atoms. The molecule has 102 valence electrons. The molecule has 0 radical (unpaired) electrons. The van der Waals surface area contributed by atoms with Crippen molar-refractivity contribution in [1.82, 2.24) is 5.32 Å². The van der Waals surface area contributed by atoms with Gasteiger partial charge in [-0.25, -0.2) is 0 Å². The van der Waals surface area contributed by atoms with Gasteiger partial charge in [0.05, 0.1) is 5.41 Å². The van der Waals surface area contributed by atoms with Crippen LogP contribution in [0.5, 0.6) is 0 Å². The van der Waals surface area contributed by atoms with Gasteiger partial charge in [-0.05, 0) is 58.9 Å². The highest BCUT2D eigenvalue weighted by Gasteiger charge is 2.51. The molecule has 1 saturated carbocycles. The minimum Gasteiger partial charge on any atom is -0.312 e. The van der Waals surface area contributed by atoms with Gasteiger partial charge in [0.2, 0.25) is 0 Å². The second kappa shape index (κ2) is 4.79. The third-order valence-electron chi connectivity index (χ3n) is 3.81. The third-order valence-corrected chi connectivity index (χ3v) is 3.81. The second-order valence-electron chi connectivity index (χ2n) is 6.63. The normalized spacial score (nSPS) is 31.6. The molecular weight excluding hydrogens is 227 g/mol. The molecular formula is C13H24F3N. The molecule has 17 heavy (non-hydrogen) atoms. The van der Waals surface area contributed by atoms with Crippen LogP contribution in [0.15, 0.2) is 0 Å². The van der Waals surface area contributed by atoms with Crippen molar-refractivity contribution >= 4 is 0 Å². The number of hydrogen-bond donors (Lipinski definition) is 1. The van der Waals surface area contributed by atoms with Gasteiger partial charge in [-0.1, -0.05) is 6.92 Å². The molecule has 1 aliphatic carbocycles. The van der Waals surface area contributed by atoms with Crippen LogP contribution in [0.2, 0.25) is 0 Å². The zero-order valence-electron chi connectivity index (χ0n) is 11.2.